The molecule has 0 aromatic heterocycles. The van der Waals surface area contributed by atoms with Crippen molar-refractivity contribution in [2.45, 2.75) is 45.1 Å². The maximum atomic E-state index is 6.16. The lowest BCUT2D eigenvalue weighted by Gasteiger charge is -2.16. The predicted molar refractivity (Wildman–Crippen MR) is 72.4 cm³/mol. The molecule has 1 nitrogen and oxygen atoms in total. The molecule has 2 N–H and O–H groups in total. The Morgan fingerprint density at radius 3 is 2.50 bits per heavy atom. The summed E-state index contributed by atoms with van der Waals surface area (Å²) in [6, 6.07) is 5.99. The second kappa shape index (κ2) is 6.48. The summed E-state index contributed by atoms with van der Waals surface area (Å²) in [6.07, 6.45) is 3.13. The van der Waals surface area contributed by atoms with Crippen LogP contribution in [0.4, 0.5) is 0 Å². The van der Waals surface area contributed by atoms with E-state index in [9.17, 15) is 0 Å². The molecule has 0 bridgehead atoms. The number of benzene rings is 1. The molecule has 3 heteroatoms. The van der Waals surface area contributed by atoms with Gasteiger partial charge in [-0.2, -0.15) is 0 Å². The van der Waals surface area contributed by atoms with E-state index < -0.39 is 0 Å². The first kappa shape index (κ1) is 13.8. The maximum absolute atomic E-state index is 6.16. The van der Waals surface area contributed by atoms with Crippen molar-refractivity contribution in [1.82, 2.24) is 0 Å². The van der Waals surface area contributed by atoms with E-state index in [-0.39, 0.29) is 0 Å². The number of hydrogen-bond acceptors (Lipinski definition) is 1. The van der Waals surface area contributed by atoms with Crippen LogP contribution in [0.5, 0.6) is 0 Å². The standard InChI is InChI=1S/C13H19Cl2N/c1-3-11(16)6-4-9(2)12-7-5-10(14)8-13(12)15/h5,7-9,11H,3-4,6,16H2,1-2H3. The molecule has 0 aliphatic heterocycles. The molecule has 0 radical (unpaired) electrons. The summed E-state index contributed by atoms with van der Waals surface area (Å²) in [5, 5.41) is 1.44. The van der Waals surface area contributed by atoms with Gasteiger partial charge in [0.15, 0.2) is 0 Å². The van der Waals surface area contributed by atoms with E-state index in [4.69, 9.17) is 28.9 Å². The number of rotatable bonds is 5. The van der Waals surface area contributed by atoms with Gasteiger partial charge in [0.2, 0.25) is 0 Å². The molecule has 2 atom stereocenters. The molecule has 0 saturated carbocycles. The fraction of sp³-hybridized carbons (Fsp3) is 0.538. The quantitative estimate of drug-likeness (QED) is 0.821. The molecule has 1 rings (SSSR count). The van der Waals surface area contributed by atoms with Crippen LogP contribution >= 0.6 is 23.2 Å². The molecule has 0 amide bonds. The third-order valence-electron chi connectivity index (χ3n) is 2.99. The van der Waals surface area contributed by atoms with Crippen molar-refractivity contribution in [2.24, 2.45) is 5.73 Å². The van der Waals surface area contributed by atoms with Crippen LogP contribution in [0.2, 0.25) is 10.0 Å². The van der Waals surface area contributed by atoms with E-state index in [1.165, 1.54) is 0 Å². The largest absolute Gasteiger partial charge is 0.328 e. The second-order valence-corrected chi connectivity index (χ2v) is 5.16. The molecule has 16 heavy (non-hydrogen) atoms. The van der Waals surface area contributed by atoms with Crippen molar-refractivity contribution in [1.29, 1.82) is 0 Å². The monoisotopic (exact) mass is 259 g/mol. The Morgan fingerprint density at radius 1 is 1.25 bits per heavy atom. The summed E-state index contributed by atoms with van der Waals surface area (Å²) in [5.41, 5.74) is 7.07. The van der Waals surface area contributed by atoms with E-state index in [2.05, 4.69) is 13.8 Å². The third-order valence-corrected chi connectivity index (χ3v) is 3.55. The Kier molecular flexibility index (Phi) is 5.60. The maximum Gasteiger partial charge on any atom is 0.0455 e. The Balaban J connectivity index is 2.62. The number of nitrogens with two attached hydrogens (primary N) is 1. The van der Waals surface area contributed by atoms with E-state index in [1.807, 2.05) is 12.1 Å². The fourth-order valence-electron chi connectivity index (χ4n) is 1.72. The lowest BCUT2D eigenvalue weighted by molar-refractivity contribution is 0.530. The van der Waals surface area contributed by atoms with Crippen LogP contribution in [0, 0.1) is 0 Å². The van der Waals surface area contributed by atoms with Gasteiger partial charge in [0.25, 0.3) is 0 Å². The van der Waals surface area contributed by atoms with Gasteiger partial charge >= 0.3 is 0 Å². The first-order valence-corrected chi connectivity index (χ1v) is 6.50. The molecule has 2 unspecified atom stereocenters. The summed E-state index contributed by atoms with van der Waals surface area (Å²) in [6.45, 7) is 4.29. The first-order valence-electron chi connectivity index (χ1n) is 5.75. The van der Waals surface area contributed by atoms with Gasteiger partial charge in [0.05, 0.1) is 0 Å². The van der Waals surface area contributed by atoms with Gasteiger partial charge in [-0.25, -0.2) is 0 Å². The van der Waals surface area contributed by atoms with E-state index in [0.29, 0.717) is 17.0 Å². The van der Waals surface area contributed by atoms with Crippen molar-refractivity contribution in [3.05, 3.63) is 33.8 Å². The summed E-state index contributed by atoms with van der Waals surface area (Å²) >= 11 is 12.0. The van der Waals surface area contributed by atoms with Crippen LogP contribution in [0.15, 0.2) is 18.2 Å². The Labute approximate surface area is 108 Å². The summed E-state index contributed by atoms with van der Waals surface area (Å²) in [4.78, 5) is 0. The van der Waals surface area contributed by atoms with Crippen LogP contribution < -0.4 is 5.73 Å². The van der Waals surface area contributed by atoms with Gasteiger partial charge in [-0.15, -0.1) is 0 Å². The zero-order valence-electron chi connectivity index (χ0n) is 9.84. The van der Waals surface area contributed by atoms with Crippen LogP contribution in [-0.2, 0) is 0 Å². The smallest absolute Gasteiger partial charge is 0.0455 e. The van der Waals surface area contributed by atoms with Crippen LogP contribution in [0.25, 0.3) is 0 Å². The Hall–Kier alpha value is -0.240. The zero-order chi connectivity index (χ0) is 12.1. The molecule has 0 fully saturated rings. The highest BCUT2D eigenvalue weighted by atomic mass is 35.5. The fourth-order valence-corrected chi connectivity index (χ4v) is 2.32. The molecule has 0 saturated heterocycles. The minimum atomic E-state index is 0.300. The SMILES string of the molecule is CCC(N)CCC(C)c1ccc(Cl)cc1Cl. The lowest BCUT2D eigenvalue weighted by Crippen LogP contribution is -2.18. The number of hydrogen-bond donors (Lipinski definition) is 1. The predicted octanol–water partition coefficient (Wildman–Crippen LogP) is 4.61. The summed E-state index contributed by atoms with van der Waals surface area (Å²) in [5.74, 6) is 0.433. The van der Waals surface area contributed by atoms with Gasteiger partial charge in [0.1, 0.15) is 0 Å². The molecule has 0 spiro atoms. The van der Waals surface area contributed by atoms with Gasteiger partial charge in [-0.1, -0.05) is 43.1 Å². The minimum absolute atomic E-state index is 0.300. The molecular formula is C13H19Cl2N. The molecule has 0 heterocycles. The minimum Gasteiger partial charge on any atom is -0.328 e. The first-order chi connectivity index (χ1) is 7.54. The molecule has 0 aliphatic carbocycles. The molecule has 1 aromatic carbocycles. The van der Waals surface area contributed by atoms with Gasteiger partial charge in [0, 0.05) is 16.1 Å². The third kappa shape index (κ3) is 3.97. The average molecular weight is 260 g/mol. The van der Waals surface area contributed by atoms with Crippen LogP contribution in [0.3, 0.4) is 0 Å². The topological polar surface area (TPSA) is 26.0 Å². The second-order valence-electron chi connectivity index (χ2n) is 4.31. The average Bonchev–Trinajstić information content (AvgIpc) is 2.25. The highest BCUT2D eigenvalue weighted by Gasteiger charge is 2.11. The van der Waals surface area contributed by atoms with Crippen LogP contribution in [0.1, 0.15) is 44.6 Å². The van der Waals surface area contributed by atoms with Crippen molar-refractivity contribution < 1.29 is 0 Å². The lowest BCUT2D eigenvalue weighted by atomic mass is 9.94. The Bertz CT molecular complexity index is 339. The van der Waals surface area contributed by atoms with Gasteiger partial charge in [-0.05, 0) is 42.9 Å². The van der Waals surface area contributed by atoms with E-state index >= 15 is 0 Å². The van der Waals surface area contributed by atoms with Crippen LogP contribution in [-0.4, -0.2) is 6.04 Å². The molecule has 90 valence electrons. The summed E-state index contributed by atoms with van der Waals surface area (Å²) < 4.78 is 0. The normalized spacial score (nSPS) is 14.8. The van der Waals surface area contributed by atoms with Gasteiger partial charge < -0.3 is 5.73 Å². The van der Waals surface area contributed by atoms with Crippen molar-refractivity contribution in [2.75, 3.05) is 0 Å². The van der Waals surface area contributed by atoms with E-state index in [0.717, 1.165) is 29.8 Å². The van der Waals surface area contributed by atoms with Crippen molar-refractivity contribution in [3.63, 3.8) is 0 Å². The molecule has 1 aromatic rings. The molecule has 0 aliphatic rings. The molecular weight excluding hydrogens is 241 g/mol. The zero-order valence-corrected chi connectivity index (χ0v) is 11.4. The van der Waals surface area contributed by atoms with E-state index in [1.54, 1.807) is 6.07 Å². The number of halogens is 2. The highest BCUT2D eigenvalue weighted by molar-refractivity contribution is 6.35. The summed E-state index contributed by atoms with van der Waals surface area (Å²) in [7, 11) is 0. The Morgan fingerprint density at radius 2 is 1.94 bits per heavy atom. The highest BCUT2D eigenvalue weighted by Crippen LogP contribution is 2.30. The van der Waals surface area contributed by atoms with Crippen molar-refractivity contribution >= 4 is 23.2 Å². The van der Waals surface area contributed by atoms with Crippen molar-refractivity contribution in [3.8, 4) is 0 Å². The van der Waals surface area contributed by atoms with Gasteiger partial charge in [-0.3, -0.25) is 0 Å².